The highest BCUT2D eigenvalue weighted by molar-refractivity contribution is 7.08. The van der Waals surface area contributed by atoms with E-state index in [9.17, 15) is 4.79 Å². The van der Waals surface area contributed by atoms with Gasteiger partial charge in [0.15, 0.2) is 0 Å². The third-order valence-electron chi connectivity index (χ3n) is 2.54. The molecular weight excluding hydrogens is 248 g/mol. The zero-order valence-electron chi connectivity index (χ0n) is 9.91. The maximum atomic E-state index is 12.2. The number of hydrogen-bond acceptors (Lipinski definition) is 5. The number of amides is 1. The van der Waals surface area contributed by atoms with Gasteiger partial charge in [-0.25, -0.2) is 0 Å². The number of aromatic nitrogens is 2. The number of nitriles is 1. The first kappa shape index (κ1) is 12.2. The highest BCUT2D eigenvalue weighted by atomic mass is 32.1. The van der Waals surface area contributed by atoms with Gasteiger partial charge in [0.25, 0.3) is 5.91 Å². The third kappa shape index (κ3) is 2.08. The molecule has 0 aliphatic carbocycles. The number of rotatable bonds is 2. The third-order valence-corrected chi connectivity index (χ3v) is 3.35. The van der Waals surface area contributed by atoms with Crippen molar-refractivity contribution in [2.24, 2.45) is 0 Å². The summed E-state index contributed by atoms with van der Waals surface area (Å²) < 4.78 is 3.74. The summed E-state index contributed by atoms with van der Waals surface area (Å²) in [6.07, 6.45) is 0. The number of aryl methyl sites for hydroxylation is 1. The average Bonchev–Trinajstić information content (AvgIpc) is 2.83. The van der Waals surface area contributed by atoms with Crippen molar-refractivity contribution in [3.8, 4) is 6.07 Å². The van der Waals surface area contributed by atoms with Crippen LogP contribution in [0.15, 0.2) is 24.3 Å². The summed E-state index contributed by atoms with van der Waals surface area (Å²) in [5, 5.41) is 12.8. The number of nitrogens with zero attached hydrogens (tertiary/aromatic N) is 4. The maximum absolute atomic E-state index is 12.2. The molecule has 1 aromatic heterocycles. The predicted molar refractivity (Wildman–Crippen MR) is 68.5 cm³/mol. The van der Waals surface area contributed by atoms with Crippen LogP contribution < -0.4 is 4.90 Å². The van der Waals surface area contributed by atoms with Crippen LogP contribution in [0, 0.1) is 18.3 Å². The molecule has 0 fully saturated rings. The predicted octanol–water partition coefficient (Wildman–Crippen LogP) is 1.99. The van der Waals surface area contributed by atoms with Crippen LogP contribution in [0.1, 0.15) is 20.9 Å². The van der Waals surface area contributed by atoms with E-state index in [-0.39, 0.29) is 5.91 Å². The molecule has 0 bridgehead atoms. The molecule has 0 spiro atoms. The van der Waals surface area contributed by atoms with Crippen LogP contribution in [-0.4, -0.2) is 22.5 Å². The molecule has 0 saturated heterocycles. The Morgan fingerprint density at radius 2 is 2.17 bits per heavy atom. The molecule has 5 nitrogen and oxygen atoms in total. The van der Waals surface area contributed by atoms with Crippen molar-refractivity contribution in [3.63, 3.8) is 0 Å². The molecule has 0 radical (unpaired) electrons. The Morgan fingerprint density at radius 1 is 1.44 bits per heavy atom. The maximum Gasteiger partial charge on any atom is 0.271 e. The van der Waals surface area contributed by atoms with Gasteiger partial charge in [0.05, 0.1) is 16.9 Å². The molecule has 1 aromatic carbocycles. The van der Waals surface area contributed by atoms with Crippen LogP contribution >= 0.6 is 11.5 Å². The highest BCUT2D eigenvalue weighted by Gasteiger charge is 2.20. The van der Waals surface area contributed by atoms with Crippen molar-refractivity contribution in [1.29, 1.82) is 5.26 Å². The Morgan fingerprint density at radius 3 is 2.78 bits per heavy atom. The van der Waals surface area contributed by atoms with Crippen LogP contribution in [0.4, 0.5) is 5.69 Å². The van der Waals surface area contributed by atoms with E-state index in [1.165, 1.54) is 4.90 Å². The number of carbonyl (C=O) groups excluding carboxylic acids is 1. The van der Waals surface area contributed by atoms with Gasteiger partial charge >= 0.3 is 0 Å². The summed E-state index contributed by atoms with van der Waals surface area (Å²) in [5.74, 6) is -0.204. The molecule has 0 unspecified atom stereocenters. The molecular formula is C12H10N4OS. The van der Waals surface area contributed by atoms with Crippen LogP contribution in [-0.2, 0) is 0 Å². The van der Waals surface area contributed by atoms with E-state index in [1.807, 2.05) is 0 Å². The lowest BCUT2D eigenvalue weighted by atomic mass is 10.2. The molecule has 18 heavy (non-hydrogen) atoms. The van der Waals surface area contributed by atoms with E-state index >= 15 is 0 Å². The van der Waals surface area contributed by atoms with E-state index in [2.05, 4.69) is 15.7 Å². The largest absolute Gasteiger partial charge is 0.309 e. The van der Waals surface area contributed by atoms with Crippen LogP contribution in [0.5, 0.6) is 0 Å². The number of hydrogen-bond donors (Lipinski definition) is 0. The zero-order valence-corrected chi connectivity index (χ0v) is 10.7. The minimum absolute atomic E-state index is 0.204. The fourth-order valence-electron chi connectivity index (χ4n) is 1.55. The first-order valence-electron chi connectivity index (χ1n) is 5.21. The lowest BCUT2D eigenvalue weighted by Gasteiger charge is -2.17. The van der Waals surface area contributed by atoms with Gasteiger partial charge < -0.3 is 4.90 Å². The summed E-state index contributed by atoms with van der Waals surface area (Å²) in [7, 11) is 1.64. The van der Waals surface area contributed by atoms with Crippen molar-refractivity contribution >= 4 is 23.1 Å². The molecule has 0 N–H and O–H groups in total. The highest BCUT2D eigenvalue weighted by Crippen LogP contribution is 2.21. The van der Waals surface area contributed by atoms with Crippen LogP contribution in [0.3, 0.4) is 0 Å². The summed E-state index contributed by atoms with van der Waals surface area (Å²) in [6.45, 7) is 1.74. The first-order valence-corrected chi connectivity index (χ1v) is 5.98. The molecule has 1 heterocycles. The van der Waals surface area contributed by atoms with Crippen molar-refractivity contribution < 1.29 is 4.79 Å². The molecule has 2 rings (SSSR count). The minimum Gasteiger partial charge on any atom is -0.309 e. The van der Waals surface area contributed by atoms with Crippen molar-refractivity contribution in [1.82, 2.24) is 9.59 Å². The van der Waals surface area contributed by atoms with E-state index in [0.29, 0.717) is 21.8 Å². The Kier molecular flexibility index (Phi) is 3.35. The molecule has 0 aliphatic rings. The van der Waals surface area contributed by atoms with Gasteiger partial charge in [-0.1, -0.05) is 16.6 Å². The molecule has 2 aromatic rings. The van der Waals surface area contributed by atoms with Gasteiger partial charge in [0.2, 0.25) is 0 Å². The molecule has 90 valence electrons. The number of benzene rings is 1. The van der Waals surface area contributed by atoms with E-state index in [4.69, 9.17) is 5.26 Å². The Labute approximate surface area is 108 Å². The van der Waals surface area contributed by atoms with Crippen LogP contribution in [0.25, 0.3) is 0 Å². The van der Waals surface area contributed by atoms with Gasteiger partial charge in [-0.2, -0.15) is 5.26 Å². The molecule has 6 heteroatoms. The minimum atomic E-state index is -0.204. The van der Waals surface area contributed by atoms with Gasteiger partial charge in [0.1, 0.15) is 10.9 Å². The number of anilines is 1. The lowest BCUT2D eigenvalue weighted by Crippen LogP contribution is -2.26. The Hall–Kier alpha value is -2.26. The van der Waals surface area contributed by atoms with Crippen molar-refractivity contribution in [2.75, 3.05) is 11.9 Å². The smallest absolute Gasteiger partial charge is 0.271 e. The van der Waals surface area contributed by atoms with E-state index < -0.39 is 0 Å². The van der Waals surface area contributed by atoms with Gasteiger partial charge in [-0.3, -0.25) is 4.79 Å². The standard InChI is InChI=1S/C12H10N4OS/c1-8-11(18-15-14-8)12(17)16(2)10-6-4-3-5-9(10)7-13/h3-6H,1-2H3. The SMILES string of the molecule is Cc1nnsc1C(=O)N(C)c1ccccc1C#N. The van der Waals surface area contributed by atoms with Crippen LogP contribution in [0.2, 0.25) is 0 Å². The normalized spacial score (nSPS) is 9.83. The summed E-state index contributed by atoms with van der Waals surface area (Å²) >= 11 is 1.06. The molecule has 0 aliphatic heterocycles. The van der Waals surface area contributed by atoms with Gasteiger partial charge in [0, 0.05) is 7.05 Å². The zero-order chi connectivity index (χ0) is 13.1. The van der Waals surface area contributed by atoms with Crippen molar-refractivity contribution in [3.05, 3.63) is 40.4 Å². The van der Waals surface area contributed by atoms with Gasteiger partial charge in [-0.05, 0) is 30.6 Å². The first-order chi connectivity index (χ1) is 8.65. The summed E-state index contributed by atoms with van der Waals surface area (Å²) in [5.41, 5.74) is 1.65. The Bertz CT molecular complexity index is 629. The van der Waals surface area contributed by atoms with E-state index in [1.54, 1.807) is 38.2 Å². The number of carbonyl (C=O) groups is 1. The monoisotopic (exact) mass is 258 g/mol. The number of para-hydroxylation sites is 1. The Balaban J connectivity index is 2.38. The second kappa shape index (κ2) is 4.94. The summed E-state index contributed by atoms with van der Waals surface area (Å²) in [6, 6.07) is 9.04. The second-order valence-corrected chi connectivity index (χ2v) is 4.43. The fraction of sp³-hybridized carbons (Fsp3) is 0.167. The second-order valence-electron chi connectivity index (χ2n) is 3.68. The topological polar surface area (TPSA) is 69.9 Å². The fourth-order valence-corrected chi connectivity index (χ4v) is 2.18. The lowest BCUT2D eigenvalue weighted by molar-refractivity contribution is 0.0996. The summed E-state index contributed by atoms with van der Waals surface area (Å²) in [4.78, 5) is 14.2. The van der Waals surface area contributed by atoms with E-state index in [0.717, 1.165) is 11.5 Å². The molecule has 0 atom stereocenters. The van der Waals surface area contributed by atoms with Crippen molar-refractivity contribution in [2.45, 2.75) is 6.92 Å². The molecule has 0 saturated carbocycles. The van der Waals surface area contributed by atoms with Gasteiger partial charge in [-0.15, -0.1) is 5.10 Å². The average molecular weight is 258 g/mol. The quantitative estimate of drug-likeness (QED) is 0.826. The molecule has 1 amide bonds.